The van der Waals surface area contributed by atoms with Crippen LogP contribution >= 0.6 is 0 Å². The van der Waals surface area contributed by atoms with Crippen LogP contribution in [0.2, 0.25) is 0 Å². The first-order valence-corrected chi connectivity index (χ1v) is 7.83. The fourth-order valence-corrected chi connectivity index (χ4v) is 3.12. The van der Waals surface area contributed by atoms with Crippen molar-refractivity contribution in [3.8, 4) is 6.07 Å². The molecule has 1 N–H and O–H groups in total. The lowest BCUT2D eigenvalue weighted by Gasteiger charge is -2.27. The van der Waals surface area contributed by atoms with Crippen LogP contribution in [-0.2, 0) is 4.74 Å². The zero-order valence-electron chi connectivity index (χ0n) is 11.9. The lowest BCUT2D eigenvalue weighted by Crippen LogP contribution is -2.40. The summed E-state index contributed by atoms with van der Waals surface area (Å²) in [6.07, 6.45) is 7.23. The molecule has 1 heterocycles. The van der Waals surface area contributed by atoms with Gasteiger partial charge in [0.15, 0.2) is 0 Å². The van der Waals surface area contributed by atoms with Crippen LogP contribution in [0.25, 0.3) is 0 Å². The summed E-state index contributed by atoms with van der Waals surface area (Å²) in [7, 11) is 0. The van der Waals surface area contributed by atoms with Gasteiger partial charge in [0.1, 0.15) is 0 Å². The Hall–Kier alpha value is -0.630. The van der Waals surface area contributed by atoms with Crippen molar-refractivity contribution in [3.05, 3.63) is 0 Å². The molecule has 2 atom stereocenters. The fraction of sp³-hybridized carbons (Fsp3) is 0.933. The number of nitrogens with zero attached hydrogens (tertiary/aromatic N) is 2. The number of hydrogen-bond acceptors (Lipinski definition) is 4. The lowest BCUT2D eigenvalue weighted by atomic mass is 9.96. The Morgan fingerprint density at radius 1 is 1.16 bits per heavy atom. The Morgan fingerprint density at radius 3 is 2.74 bits per heavy atom. The zero-order chi connectivity index (χ0) is 13.3. The highest BCUT2D eigenvalue weighted by Crippen LogP contribution is 2.22. The molecule has 4 heteroatoms. The highest BCUT2D eigenvalue weighted by molar-refractivity contribution is 4.93. The van der Waals surface area contributed by atoms with Crippen molar-refractivity contribution < 1.29 is 4.74 Å². The Labute approximate surface area is 117 Å². The van der Waals surface area contributed by atoms with Gasteiger partial charge in [-0.05, 0) is 32.4 Å². The van der Waals surface area contributed by atoms with E-state index >= 15 is 0 Å². The summed E-state index contributed by atoms with van der Waals surface area (Å²) in [5.41, 5.74) is 0. The predicted octanol–water partition coefficient (Wildman–Crippen LogP) is 1.77. The van der Waals surface area contributed by atoms with E-state index in [0.717, 1.165) is 45.8 Å². The van der Waals surface area contributed by atoms with Crippen LogP contribution < -0.4 is 5.32 Å². The highest BCUT2D eigenvalue weighted by atomic mass is 16.5. The van der Waals surface area contributed by atoms with Crippen molar-refractivity contribution in [1.29, 1.82) is 5.26 Å². The van der Waals surface area contributed by atoms with Crippen molar-refractivity contribution >= 4 is 0 Å². The molecule has 0 aromatic rings. The Morgan fingerprint density at radius 2 is 1.95 bits per heavy atom. The van der Waals surface area contributed by atoms with E-state index in [1.807, 2.05) is 0 Å². The molecule has 2 fully saturated rings. The Balaban J connectivity index is 1.61. The van der Waals surface area contributed by atoms with Gasteiger partial charge in [-0.25, -0.2) is 0 Å². The van der Waals surface area contributed by atoms with Crippen molar-refractivity contribution in [3.63, 3.8) is 0 Å². The third-order valence-corrected chi connectivity index (χ3v) is 4.34. The quantitative estimate of drug-likeness (QED) is 0.608. The summed E-state index contributed by atoms with van der Waals surface area (Å²) < 4.78 is 5.35. The number of nitriles is 1. The molecule has 0 amide bonds. The first-order chi connectivity index (χ1) is 9.40. The van der Waals surface area contributed by atoms with E-state index in [4.69, 9.17) is 4.74 Å². The largest absolute Gasteiger partial charge is 0.379 e. The van der Waals surface area contributed by atoms with Crippen molar-refractivity contribution in [1.82, 2.24) is 10.2 Å². The molecule has 0 radical (unpaired) electrons. The van der Waals surface area contributed by atoms with Gasteiger partial charge in [0, 0.05) is 19.1 Å². The molecular weight excluding hydrogens is 238 g/mol. The molecule has 2 rings (SSSR count). The highest BCUT2D eigenvalue weighted by Gasteiger charge is 2.22. The van der Waals surface area contributed by atoms with Crippen LogP contribution in [0.1, 0.15) is 38.5 Å². The second kappa shape index (κ2) is 8.52. The van der Waals surface area contributed by atoms with Gasteiger partial charge < -0.3 is 10.1 Å². The molecule has 1 saturated carbocycles. The number of hydrogen-bond donors (Lipinski definition) is 1. The second-order valence-corrected chi connectivity index (χ2v) is 5.74. The minimum absolute atomic E-state index is 0.228. The molecule has 0 aromatic heterocycles. The zero-order valence-corrected chi connectivity index (χ0v) is 11.9. The maximum atomic E-state index is 9.23. The molecule has 0 spiro atoms. The minimum Gasteiger partial charge on any atom is -0.379 e. The third kappa shape index (κ3) is 5.10. The smallest absolute Gasteiger partial charge is 0.0672 e. The van der Waals surface area contributed by atoms with Crippen LogP contribution in [0.3, 0.4) is 0 Å². The van der Waals surface area contributed by atoms with Gasteiger partial charge in [0.05, 0.1) is 25.2 Å². The summed E-state index contributed by atoms with van der Waals surface area (Å²) >= 11 is 0. The Kier molecular flexibility index (Phi) is 6.63. The van der Waals surface area contributed by atoms with E-state index < -0.39 is 0 Å². The van der Waals surface area contributed by atoms with Crippen molar-refractivity contribution in [2.75, 3.05) is 39.4 Å². The summed E-state index contributed by atoms with van der Waals surface area (Å²) in [6.45, 7) is 6.11. The van der Waals surface area contributed by atoms with Gasteiger partial charge >= 0.3 is 0 Å². The monoisotopic (exact) mass is 265 g/mol. The molecule has 1 aliphatic heterocycles. The summed E-state index contributed by atoms with van der Waals surface area (Å²) in [6, 6.07) is 2.92. The van der Waals surface area contributed by atoms with Crippen LogP contribution in [0.4, 0.5) is 0 Å². The summed E-state index contributed by atoms with van der Waals surface area (Å²) in [5, 5.41) is 12.9. The molecule has 1 saturated heterocycles. The average Bonchev–Trinajstić information content (AvgIpc) is 2.69. The van der Waals surface area contributed by atoms with E-state index in [-0.39, 0.29) is 5.92 Å². The van der Waals surface area contributed by atoms with E-state index in [1.54, 1.807) is 0 Å². The molecule has 2 unspecified atom stereocenters. The topological polar surface area (TPSA) is 48.3 Å². The number of rotatable bonds is 5. The van der Waals surface area contributed by atoms with Gasteiger partial charge in [0.25, 0.3) is 0 Å². The van der Waals surface area contributed by atoms with Crippen molar-refractivity contribution in [2.24, 2.45) is 5.92 Å². The maximum absolute atomic E-state index is 9.23. The van der Waals surface area contributed by atoms with E-state index in [1.165, 1.54) is 32.1 Å². The second-order valence-electron chi connectivity index (χ2n) is 5.74. The lowest BCUT2D eigenvalue weighted by molar-refractivity contribution is 0.0373. The summed E-state index contributed by atoms with van der Waals surface area (Å²) in [4.78, 5) is 2.47. The standard InChI is InChI=1S/C15H27N3O/c16-13-14-5-2-1-3-6-15(14)17-7-4-8-18-9-11-19-12-10-18/h14-15,17H,1-12H2. The first-order valence-electron chi connectivity index (χ1n) is 7.83. The van der Waals surface area contributed by atoms with E-state index in [2.05, 4.69) is 16.3 Å². The average molecular weight is 265 g/mol. The van der Waals surface area contributed by atoms with Gasteiger partial charge in [-0.1, -0.05) is 19.3 Å². The number of nitrogens with one attached hydrogen (secondary N) is 1. The molecule has 0 aromatic carbocycles. The van der Waals surface area contributed by atoms with Crippen LogP contribution in [0.5, 0.6) is 0 Å². The number of morpholine rings is 1. The molecule has 4 nitrogen and oxygen atoms in total. The fourth-order valence-electron chi connectivity index (χ4n) is 3.12. The molecule has 108 valence electrons. The van der Waals surface area contributed by atoms with Crippen LogP contribution in [-0.4, -0.2) is 50.3 Å². The van der Waals surface area contributed by atoms with Gasteiger partial charge in [0.2, 0.25) is 0 Å². The predicted molar refractivity (Wildman–Crippen MR) is 75.9 cm³/mol. The SMILES string of the molecule is N#CC1CCCCCC1NCCCN1CCOCC1. The summed E-state index contributed by atoms with van der Waals surface area (Å²) in [5.74, 6) is 0.228. The number of ether oxygens (including phenoxy) is 1. The normalized spacial score (nSPS) is 29.6. The molecule has 2 aliphatic rings. The molecule has 19 heavy (non-hydrogen) atoms. The molecule has 1 aliphatic carbocycles. The van der Waals surface area contributed by atoms with Gasteiger partial charge in [-0.15, -0.1) is 0 Å². The minimum atomic E-state index is 0.228. The van der Waals surface area contributed by atoms with Crippen LogP contribution in [0, 0.1) is 17.2 Å². The van der Waals surface area contributed by atoms with Gasteiger partial charge in [-0.2, -0.15) is 5.26 Å². The van der Waals surface area contributed by atoms with Crippen LogP contribution in [0.15, 0.2) is 0 Å². The van der Waals surface area contributed by atoms with Crippen molar-refractivity contribution in [2.45, 2.75) is 44.6 Å². The Bertz CT molecular complexity index is 284. The molecule has 0 bridgehead atoms. The van der Waals surface area contributed by atoms with E-state index in [0.29, 0.717) is 6.04 Å². The maximum Gasteiger partial charge on any atom is 0.0672 e. The van der Waals surface area contributed by atoms with Gasteiger partial charge in [-0.3, -0.25) is 4.90 Å². The first kappa shape index (κ1) is 14.8. The molecular formula is C15H27N3O. The van der Waals surface area contributed by atoms with E-state index in [9.17, 15) is 5.26 Å². The third-order valence-electron chi connectivity index (χ3n) is 4.34.